The molecule has 0 spiro atoms. The van der Waals surface area contributed by atoms with Crippen molar-refractivity contribution in [2.45, 2.75) is 58.9 Å². The predicted octanol–water partition coefficient (Wildman–Crippen LogP) is 4.89. The molecule has 0 radical (unpaired) electrons. The van der Waals surface area contributed by atoms with Crippen molar-refractivity contribution in [3.63, 3.8) is 0 Å². The average molecular weight is 482 g/mol. The molecule has 2 amide bonds. The normalized spacial score (nSPS) is 19.7. The molecule has 2 aliphatic rings. The summed E-state index contributed by atoms with van der Waals surface area (Å²) in [7, 11) is 0. The van der Waals surface area contributed by atoms with Crippen molar-refractivity contribution in [3.05, 3.63) is 57.3 Å². The number of benzene rings is 1. The Morgan fingerprint density at radius 1 is 1.00 bits per heavy atom. The van der Waals surface area contributed by atoms with E-state index in [1.54, 1.807) is 0 Å². The van der Waals surface area contributed by atoms with Crippen molar-refractivity contribution in [3.8, 4) is 0 Å². The minimum absolute atomic E-state index is 0.130. The van der Waals surface area contributed by atoms with Gasteiger partial charge < -0.3 is 9.80 Å². The number of fused-ring (bicyclic) bond motifs is 1. The molecule has 2 aromatic rings. The topological polar surface area (TPSA) is 43.9 Å². The lowest BCUT2D eigenvalue weighted by atomic mass is 9.90. The Kier molecular flexibility index (Phi) is 8.43. The maximum atomic E-state index is 13.4. The largest absolute Gasteiger partial charge is 0.339 e. The van der Waals surface area contributed by atoms with Crippen LogP contribution in [0.25, 0.3) is 0 Å². The molecule has 1 saturated heterocycles. The predicted molar refractivity (Wildman–Crippen MR) is 139 cm³/mol. The van der Waals surface area contributed by atoms with Gasteiger partial charge in [-0.25, -0.2) is 0 Å². The SMILES string of the molecule is CCCC[C@@H](CC)C(=O)N1CCN(C(=O)CN2CCc3sccc3[C@@H]2c2ccccc2C)CC1. The van der Waals surface area contributed by atoms with Crippen molar-refractivity contribution >= 4 is 23.2 Å². The van der Waals surface area contributed by atoms with Crippen LogP contribution in [0.3, 0.4) is 0 Å². The standard InChI is InChI=1S/C28H39N3O2S/c1-4-6-10-22(5-2)28(33)30-17-15-29(16-18-30)26(32)20-31-14-12-25-24(13-19-34-25)27(31)23-11-8-7-9-21(23)3/h7-9,11,13,19,22,27H,4-6,10,12,14-18,20H2,1-3H3/t22-,27+/m1/s1. The van der Waals surface area contributed by atoms with Crippen LogP contribution in [0.4, 0.5) is 0 Å². The van der Waals surface area contributed by atoms with Crippen LogP contribution in [0, 0.1) is 12.8 Å². The smallest absolute Gasteiger partial charge is 0.236 e. The van der Waals surface area contributed by atoms with E-state index in [0.29, 0.717) is 32.7 Å². The highest BCUT2D eigenvalue weighted by atomic mass is 32.1. The van der Waals surface area contributed by atoms with Crippen LogP contribution in [-0.2, 0) is 16.0 Å². The van der Waals surface area contributed by atoms with E-state index in [1.807, 2.05) is 21.1 Å². The van der Waals surface area contributed by atoms with Gasteiger partial charge in [-0.05, 0) is 54.3 Å². The zero-order valence-electron chi connectivity index (χ0n) is 21.0. The molecule has 0 N–H and O–H groups in total. The van der Waals surface area contributed by atoms with Crippen LogP contribution >= 0.6 is 11.3 Å². The number of carbonyl (C=O) groups is 2. The first-order chi connectivity index (χ1) is 16.5. The zero-order chi connectivity index (χ0) is 24.1. The van der Waals surface area contributed by atoms with Crippen LogP contribution < -0.4 is 0 Å². The first kappa shape index (κ1) is 24.9. The van der Waals surface area contributed by atoms with Crippen LogP contribution in [0.15, 0.2) is 35.7 Å². The van der Waals surface area contributed by atoms with Gasteiger partial charge in [-0.3, -0.25) is 14.5 Å². The summed E-state index contributed by atoms with van der Waals surface area (Å²) in [6.07, 6.45) is 5.11. The monoisotopic (exact) mass is 481 g/mol. The molecule has 0 aliphatic carbocycles. The first-order valence-corrected chi connectivity index (χ1v) is 13.8. The van der Waals surface area contributed by atoms with Gasteiger partial charge in [-0.2, -0.15) is 0 Å². The fourth-order valence-corrected chi connectivity index (χ4v) is 6.36. The van der Waals surface area contributed by atoms with E-state index in [9.17, 15) is 9.59 Å². The summed E-state index contributed by atoms with van der Waals surface area (Å²) < 4.78 is 0. The van der Waals surface area contributed by atoms with Gasteiger partial charge in [0.25, 0.3) is 0 Å². The number of nitrogens with zero attached hydrogens (tertiary/aromatic N) is 3. The molecule has 184 valence electrons. The quantitative estimate of drug-likeness (QED) is 0.539. The molecule has 1 aromatic carbocycles. The molecule has 5 nitrogen and oxygen atoms in total. The number of hydrogen-bond acceptors (Lipinski definition) is 4. The van der Waals surface area contributed by atoms with Crippen molar-refractivity contribution in [2.24, 2.45) is 5.92 Å². The van der Waals surface area contributed by atoms with E-state index in [2.05, 4.69) is 61.4 Å². The van der Waals surface area contributed by atoms with Crippen LogP contribution in [0.5, 0.6) is 0 Å². The number of unbranched alkanes of at least 4 members (excludes halogenated alkanes) is 1. The Hall–Kier alpha value is -2.18. The third-order valence-electron chi connectivity index (χ3n) is 7.58. The van der Waals surface area contributed by atoms with Crippen LogP contribution in [-0.4, -0.2) is 65.8 Å². The zero-order valence-corrected chi connectivity index (χ0v) is 21.8. The van der Waals surface area contributed by atoms with Crippen LogP contribution in [0.1, 0.15) is 67.1 Å². The summed E-state index contributed by atoms with van der Waals surface area (Å²) in [5.74, 6) is 0.594. The lowest BCUT2D eigenvalue weighted by Gasteiger charge is -2.40. The lowest BCUT2D eigenvalue weighted by molar-refractivity contribution is -0.143. The van der Waals surface area contributed by atoms with Gasteiger partial charge >= 0.3 is 0 Å². The third-order valence-corrected chi connectivity index (χ3v) is 8.58. The third kappa shape index (κ3) is 5.38. The summed E-state index contributed by atoms with van der Waals surface area (Å²) in [5, 5.41) is 2.18. The van der Waals surface area contributed by atoms with Gasteiger partial charge in [0.15, 0.2) is 0 Å². The van der Waals surface area contributed by atoms with E-state index in [4.69, 9.17) is 0 Å². The molecule has 4 rings (SSSR count). The maximum absolute atomic E-state index is 13.4. The number of carbonyl (C=O) groups excluding carboxylic acids is 2. The van der Waals surface area contributed by atoms with E-state index in [1.165, 1.54) is 21.6 Å². The van der Waals surface area contributed by atoms with Gasteiger partial charge in [0.2, 0.25) is 11.8 Å². The maximum Gasteiger partial charge on any atom is 0.236 e. The van der Waals surface area contributed by atoms with Gasteiger partial charge in [-0.1, -0.05) is 51.0 Å². The second kappa shape index (κ2) is 11.5. The summed E-state index contributed by atoms with van der Waals surface area (Å²) in [5.41, 5.74) is 3.92. The lowest BCUT2D eigenvalue weighted by Crippen LogP contribution is -2.54. The number of hydrogen-bond donors (Lipinski definition) is 0. The highest BCUT2D eigenvalue weighted by Crippen LogP contribution is 2.38. The number of amides is 2. The Morgan fingerprint density at radius 3 is 2.44 bits per heavy atom. The van der Waals surface area contributed by atoms with Gasteiger partial charge in [0.05, 0.1) is 12.6 Å². The number of aryl methyl sites for hydroxylation is 1. The highest BCUT2D eigenvalue weighted by Gasteiger charge is 2.34. The van der Waals surface area contributed by atoms with E-state index in [0.717, 1.165) is 38.6 Å². The minimum atomic E-state index is 0.130. The molecule has 2 atom stereocenters. The molecule has 2 aliphatic heterocycles. The molecular weight excluding hydrogens is 442 g/mol. The minimum Gasteiger partial charge on any atom is -0.339 e. The molecule has 0 unspecified atom stereocenters. The summed E-state index contributed by atoms with van der Waals surface area (Å²) >= 11 is 1.83. The van der Waals surface area contributed by atoms with Crippen molar-refractivity contribution in [1.82, 2.24) is 14.7 Å². The average Bonchev–Trinajstić information content (AvgIpc) is 3.34. The Bertz CT molecular complexity index is 980. The summed E-state index contributed by atoms with van der Waals surface area (Å²) in [6, 6.07) is 10.9. The van der Waals surface area contributed by atoms with E-state index >= 15 is 0 Å². The van der Waals surface area contributed by atoms with Gasteiger partial charge in [-0.15, -0.1) is 11.3 Å². The molecule has 0 bridgehead atoms. The van der Waals surface area contributed by atoms with Crippen molar-refractivity contribution in [2.75, 3.05) is 39.3 Å². The molecule has 3 heterocycles. The molecule has 1 fully saturated rings. The molecule has 1 aromatic heterocycles. The van der Waals surface area contributed by atoms with E-state index in [-0.39, 0.29) is 23.8 Å². The molecule has 34 heavy (non-hydrogen) atoms. The summed E-state index contributed by atoms with van der Waals surface area (Å²) in [4.78, 5) is 34.1. The number of piperazine rings is 1. The van der Waals surface area contributed by atoms with Gasteiger partial charge in [0, 0.05) is 43.5 Å². The molecule has 0 saturated carbocycles. The molecular formula is C28H39N3O2S. The van der Waals surface area contributed by atoms with Gasteiger partial charge in [0.1, 0.15) is 0 Å². The van der Waals surface area contributed by atoms with Crippen molar-refractivity contribution in [1.29, 1.82) is 0 Å². The Morgan fingerprint density at radius 2 is 1.74 bits per heavy atom. The second-order valence-corrected chi connectivity index (χ2v) is 10.7. The fourth-order valence-electron chi connectivity index (χ4n) is 5.46. The van der Waals surface area contributed by atoms with E-state index < -0.39 is 0 Å². The first-order valence-electron chi connectivity index (χ1n) is 13.0. The number of rotatable bonds is 8. The fraction of sp³-hybridized carbons (Fsp3) is 0.571. The second-order valence-electron chi connectivity index (χ2n) is 9.73. The summed E-state index contributed by atoms with van der Waals surface area (Å²) in [6.45, 7) is 10.4. The Balaban J connectivity index is 1.40. The Labute approximate surface area is 208 Å². The number of thiophene rings is 1. The van der Waals surface area contributed by atoms with Crippen molar-refractivity contribution < 1.29 is 9.59 Å². The highest BCUT2D eigenvalue weighted by molar-refractivity contribution is 7.10. The van der Waals surface area contributed by atoms with Crippen LogP contribution in [0.2, 0.25) is 0 Å². The molecule has 6 heteroatoms.